The summed E-state index contributed by atoms with van der Waals surface area (Å²) in [6, 6.07) is 10.4. The predicted molar refractivity (Wildman–Crippen MR) is 69.6 cm³/mol. The van der Waals surface area contributed by atoms with Crippen LogP contribution in [0.15, 0.2) is 30.3 Å². The van der Waals surface area contributed by atoms with Crippen LogP contribution in [0.25, 0.3) is 0 Å². The van der Waals surface area contributed by atoms with E-state index in [0.717, 1.165) is 19.3 Å². The van der Waals surface area contributed by atoms with Crippen LogP contribution in [-0.4, -0.2) is 11.2 Å². The van der Waals surface area contributed by atoms with Crippen LogP contribution >= 0.6 is 0 Å². The van der Waals surface area contributed by atoms with Gasteiger partial charge in [-0.1, -0.05) is 63.9 Å². The van der Waals surface area contributed by atoms with Crippen molar-refractivity contribution in [3.8, 4) is 0 Å². The standard InChI is InChI=1S/C15H24O/c1-4-9-14(16)15(12(3)5-2)13-10-7-6-8-11-13/h6-8,10-12,14-16H,4-5,9H2,1-3H3. The molecule has 90 valence electrons. The van der Waals surface area contributed by atoms with Crippen LogP contribution in [0, 0.1) is 5.92 Å². The molecule has 0 aromatic heterocycles. The fourth-order valence-electron chi connectivity index (χ4n) is 2.33. The van der Waals surface area contributed by atoms with Crippen LogP contribution in [0.2, 0.25) is 0 Å². The summed E-state index contributed by atoms with van der Waals surface area (Å²) in [6.45, 7) is 6.55. The Morgan fingerprint density at radius 1 is 1.12 bits per heavy atom. The second kappa shape index (κ2) is 6.70. The Kier molecular flexibility index (Phi) is 5.54. The Bertz CT molecular complexity index is 281. The van der Waals surface area contributed by atoms with E-state index in [0.29, 0.717) is 5.92 Å². The Balaban J connectivity index is 2.87. The third-order valence-corrected chi connectivity index (χ3v) is 3.44. The average Bonchev–Trinajstić information content (AvgIpc) is 2.31. The lowest BCUT2D eigenvalue weighted by Gasteiger charge is -2.28. The van der Waals surface area contributed by atoms with E-state index >= 15 is 0 Å². The number of aliphatic hydroxyl groups excluding tert-OH is 1. The summed E-state index contributed by atoms with van der Waals surface area (Å²) in [5, 5.41) is 10.3. The van der Waals surface area contributed by atoms with Gasteiger partial charge in [-0.3, -0.25) is 0 Å². The van der Waals surface area contributed by atoms with Gasteiger partial charge in [0.15, 0.2) is 0 Å². The van der Waals surface area contributed by atoms with Gasteiger partial charge in [-0.05, 0) is 17.9 Å². The highest BCUT2D eigenvalue weighted by atomic mass is 16.3. The van der Waals surface area contributed by atoms with Crippen LogP contribution in [0.3, 0.4) is 0 Å². The van der Waals surface area contributed by atoms with Gasteiger partial charge in [0, 0.05) is 5.92 Å². The van der Waals surface area contributed by atoms with Crippen LogP contribution in [0.1, 0.15) is 51.5 Å². The van der Waals surface area contributed by atoms with Gasteiger partial charge >= 0.3 is 0 Å². The van der Waals surface area contributed by atoms with Gasteiger partial charge in [0.2, 0.25) is 0 Å². The first-order chi connectivity index (χ1) is 7.70. The number of aliphatic hydroxyl groups is 1. The topological polar surface area (TPSA) is 20.2 Å². The summed E-state index contributed by atoms with van der Waals surface area (Å²) in [4.78, 5) is 0. The number of hydrogen-bond donors (Lipinski definition) is 1. The molecule has 1 heteroatoms. The van der Waals surface area contributed by atoms with E-state index in [1.54, 1.807) is 0 Å². The van der Waals surface area contributed by atoms with Crippen molar-refractivity contribution in [3.63, 3.8) is 0 Å². The van der Waals surface area contributed by atoms with Gasteiger partial charge in [0.25, 0.3) is 0 Å². The highest BCUT2D eigenvalue weighted by Gasteiger charge is 2.24. The first-order valence-corrected chi connectivity index (χ1v) is 6.43. The lowest BCUT2D eigenvalue weighted by Crippen LogP contribution is -2.24. The third-order valence-electron chi connectivity index (χ3n) is 3.44. The second-order valence-electron chi connectivity index (χ2n) is 4.68. The molecule has 0 saturated carbocycles. The van der Waals surface area contributed by atoms with Crippen molar-refractivity contribution in [1.82, 2.24) is 0 Å². The molecule has 1 rings (SSSR count). The molecule has 0 aliphatic rings. The van der Waals surface area contributed by atoms with Crippen molar-refractivity contribution in [1.29, 1.82) is 0 Å². The van der Waals surface area contributed by atoms with Crippen LogP contribution < -0.4 is 0 Å². The zero-order chi connectivity index (χ0) is 12.0. The maximum atomic E-state index is 10.3. The molecular weight excluding hydrogens is 196 g/mol. The molecular formula is C15H24O. The van der Waals surface area contributed by atoms with Gasteiger partial charge in [-0.2, -0.15) is 0 Å². The Morgan fingerprint density at radius 2 is 1.75 bits per heavy atom. The number of benzene rings is 1. The minimum absolute atomic E-state index is 0.206. The third kappa shape index (κ3) is 3.34. The normalized spacial score (nSPS) is 16.8. The first-order valence-electron chi connectivity index (χ1n) is 6.43. The summed E-state index contributed by atoms with van der Waals surface area (Å²) in [6.07, 6.45) is 2.84. The zero-order valence-electron chi connectivity index (χ0n) is 10.7. The highest BCUT2D eigenvalue weighted by Crippen LogP contribution is 2.31. The van der Waals surface area contributed by atoms with E-state index in [-0.39, 0.29) is 12.0 Å². The summed E-state index contributed by atoms with van der Waals surface area (Å²) in [5.41, 5.74) is 1.28. The molecule has 0 radical (unpaired) electrons. The molecule has 0 aliphatic heterocycles. The van der Waals surface area contributed by atoms with Gasteiger partial charge in [0.1, 0.15) is 0 Å². The lowest BCUT2D eigenvalue weighted by atomic mass is 9.80. The maximum Gasteiger partial charge on any atom is 0.0611 e. The predicted octanol–water partition coefficient (Wildman–Crippen LogP) is 3.98. The minimum Gasteiger partial charge on any atom is -0.392 e. The molecule has 1 nitrogen and oxygen atoms in total. The van der Waals surface area contributed by atoms with Crippen molar-refractivity contribution in [2.75, 3.05) is 0 Å². The Hall–Kier alpha value is -0.820. The van der Waals surface area contributed by atoms with Crippen LogP contribution in [-0.2, 0) is 0 Å². The molecule has 1 aromatic carbocycles. The van der Waals surface area contributed by atoms with E-state index < -0.39 is 0 Å². The molecule has 1 N–H and O–H groups in total. The van der Waals surface area contributed by atoms with Gasteiger partial charge in [0.05, 0.1) is 6.10 Å². The van der Waals surface area contributed by atoms with Crippen molar-refractivity contribution in [2.24, 2.45) is 5.92 Å². The summed E-state index contributed by atoms with van der Waals surface area (Å²) >= 11 is 0. The Labute approximate surface area is 99.5 Å². The van der Waals surface area contributed by atoms with Crippen molar-refractivity contribution >= 4 is 0 Å². The zero-order valence-corrected chi connectivity index (χ0v) is 10.7. The van der Waals surface area contributed by atoms with E-state index in [1.165, 1.54) is 5.56 Å². The summed E-state index contributed by atoms with van der Waals surface area (Å²) in [7, 11) is 0. The molecule has 0 heterocycles. The SMILES string of the molecule is CCCC(O)C(c1ccccc1)C(C)CC. The van der Waals surface area contributed by atoms with Gasteiger partial charge in [-0.25, -0.2) is 0 Å². The molecule has 1 aromatic rings. The molecule has 3 atom stereocenters. The Morgan fingerprint density at radius 3 is 2.25 bits per heavy atom. The van der Waals surface area contributed by atoms with Crippen LogP contribution in [0.4, 0.5) is 0 Å². The van der Waals surface area contributed by atoms with Gasteiger partial charge in [-0.15, -0.1) is 0 Å². The molecule has 0 fully saturated rings. The highest BCUT2D eigenvalue weighted by molar-refractivity contribution is 5.21. The van der Waals surface area contributed by atoms with E-state index in [9.17, 15) is 5.11 Å². The van der Waals surface area contributed by atoms with Gasteiger partial charge < -0.3 is 5.11 Å². The molecule has 3 unspecified atom stereocenters. The van der Waals surface area contributed by atoms with Crippen molar-refractivity contribution in [3.05, 3.63) is 35.9 Å². The molecule has 16 heavy (non-hydrogen) atoms. The first kappa shape index (κ1) is 13.2. The lowest BCUT2D eigenvalue weighted by molar-refractivity contribution is 0.108. The summed E-state index contributed by atoms with van der Waals surface area (Å²) < 4.78 is 0. The molecule has 0 bridgehead atoms. The number of hydrogen-bond acceptors (Lipinski definition) is 1. The molecule has 0 aliphatic carbocycles. The van der Waals surface area contributed by atoms with E-state index in [4.69, 9.17) is 0 Å². The fourth-order valence-corrected chi connectivity index (χ4v) is 2.33. The van der Waals surface area contributed by atoms with Crippen molar-refractivity contribution in [2.45, 2.75) is 52.1 Å². The minimum atomic E-state index is -0.206. The number of rotatable bonds is 6. The molecule has 0 spiro atoms. The van der Waals surface area contributed by atoms with E-state index in [1.807, 2.05) is 6.07 Å². The summed E-state index contributed by atoms with van der Waals surface area (Å²) in [5.74, 6) is 0.815. The smallest absolute Gasteiger partial charge is 0.0611 e. The monoisotopic (exact) mass is 220 g/mol. The fraction of sp³-hybridized carbons (Fsp3) is 0.600. The average molecular weight is 220 g/mol. The van der Waals surface area contributed by atoms with Crippen LogP contribution in [0.5, 0.6) is 0 Å². The van der Waals surface area contributed by atoms with E-state index in [2.05, 4.69) is 45.0 Å². The quantitative estimate of drug-likeness (QED) is 0.769. The molecule has 0 amide bonds. The molecule has 0 saturated heterocycles. The maximum absolute atomic E-state index is 10.3. The largest absolute Gasteiger partial charge is 0.392 e. The second-order valence-corrected chi connectivity index (χ2v) is 4.68. The van der Waals surface area contributed by atoms with Crippen molar-refractivity contribution < 1.29 is 5.11 Å².